The van der Waals surface area contributed by atoms with Gasteiger partial charge >= 0.3 is 0 Å². The van der Waals surface area contributed by atoms with E-state index in [1.807, 2.05) is 0 Å². The second kappa shape index (κ2) is 4.40. The van der Waals surface area contributed by atoms with Crippen molar-refractivity contribution < 1.29 is 4.79 Å². The molecular formula is C4Cl6O. The highest BCUT2D eigenvalue weighted by Crippen LogP contribution is 2.33. The van der Waals surface area contributed by atoms with E-state index in [1.165, 1.54) is 0 Å². The van der Waals surface area contributed by atoms with Gasteiger partial charge in [-0.05, 0) is 0 Å². The van der Waals surface area contributed by atoms with E-state index in [4.69, 9.17) is 69.6 Å². The Morgan fingerprint density at radius 2 is 1.36 bits per heavy atom. The maximum absolute atomic E-state index is 10.9. The Morgan fingerprint density at radius 1 is 1.00 bits per heavy atom. The number of Topliss-reactive ketones (excluding diaryl/α,β-unsaturated/α-hetero) is 1. The number of carbonyl (C=O) groups excluding carboxylic acids is 1. The smallest absolute Gasteiger partial charge is 0.254 e. The number of hydrogen-bond donors (Lipinski definition) is 0. The number of alkyl halides is 3. The standard InChI is InChI=1S/C4Cl6O/c5-1(3(6)7)2(11)4(8,9)10. The Morgan fingerprint density at radius 3 is 1.45 bits per heavy atom. The van der Waals surface area contributed by atoms with Gasteiger partial charge in [0, 0.05) is 0 Å². The second-order valence-electron chi connectivity index (χ2n) is 1.40. The van der Waals surface area contributed by atoms with Crippen LogP contribution in [0.25, 0.3) is 0 Å². The van der Waals surface area contributed by atoms with Crippen molar-refractivity contribution in [2.45, 2.75) is 3.79 Å². The van der Waals surface area contributed by atoms with Crippen LogP contribution in [-0.4, -0.2) is 9.58 Å². The van der Waals surface area contributed by atoms with Crippen LogP contribution < -0.4 is 0 Å². The maximum Gasteiger partial charge on any atom is 0.254 e. The average molecular weight is 277 g/mol. The van der Waals surface area contributed by atoms with Gasteiger partial charge in [-0.25, -0.2) is 0 Å². The van der Waals surface area contributed by atoms with Gasteiger partial charge < -0.3 is 0 Å². The van der Waals surface area contributed by atoms with Gasteiger partial charge in [0.05, 0.1) is 0 Å². The lowest BCUT2D eigenvalue weighted by molar-refractivity contribution is -0.114. The van der Waals surface area contributed by atoms with Crippen LogP contribution in [0.3, 0.4) is 0 Å². The molecule has 0 bridgehead atoms. The van der Waals surface area contributed by atoms with E-state index in [9.17, 15) is 4.79 Å². The first-order valence-electron chi connectivity index (χ1n) is 2.09. The van der Waals surface area contributed by atoms with Crippen LogP contribution in [0.4, 0.5) is 0 Å². The SMILES string of the molecule is O=C(C(Cl)=C(Cl)Cl)C(Cl)(Cl)Cl. The van der Waals surface area contributed by atoms with Crippen molar-refractivity contribution in [3.8, 4) is 0 Å². The van der Waals surface area contributed by atoms with Gasteiger partial charge in [0.2, 0.25) is 5.78 Å². The van der Waals surface area contributed by atoms with E-state index < -0.39 is 19.1 Å². The summed E-state index contributed by atoms with van der Waals surface area (Å²) >= 11 is 31.1. The van der Waals surface area contributed by atoms with E-state index >= 15 is 0 Å². The molecule has 0 aliphatic heterocycles. The molecule has 0 N–H and O–H groups in total. The van der Waals surface area contributed by atoms with Crippen molar-refractivity contribution in [1.29, 1.82) is 0 Å². The zero-order chi connectivity index (χ0) is 9.23. The van der Waals surface area contributed by atoms with Crippen LogP contribution in [0.15, 0.2) is 9.52 Å². The molecule has 0 atom stereocenters. The Hall–Kier alpha value is 1.15. The van der Waals surface area contributed by atoms with Gasteiger partial charge in [-0.15, -0.1) is 0 Å². The Labute approximate surface area is 93.1 Å². The molecule has 0 aliphatic carbocycles. The fraction of sp³-hybridized carbons (Fsp3) is 0.250. The first-order valence-corrected chi connectivity index (χ1v) is 4.36. The molecule has 0 saturated heterocycles. The Bertz CT molecular complexity index is 197. The fourth-order valence-corrected chi connectivity index (χ4v) is 0.952. The van der Waals surface area contributed by atoms with Gasteiger partial charge in [0.15, 0.2) is 0 Å². The maximum atomic E-state index is 10.9. The first kappa shape index (κ1) is 12.2. The van der Waals surface area contributed by atoms with Crippen molar-refractivity contribution in [1.82, 2.24) is 0 Å². The third-order valence-corrected chi connectivity index (χ3v) is 2.07. The minimum atomic E-state index is -2.12. The van der Waals surface area contributed by atoms with E-state index in [-0.39, 0.29) is 0 Å². The van der Waals surface area contributed by atoms with Gasteiger partial charge in [-0.2, -0.15) is 0 Å². The summed E-state index contributed by atoms with van der Waals surface area (Å²) in [5, 5.41) is -0.492. The number of carbonyl (C=O) groups is 1. The summed E-state index contributed by atoms with van der Waals surface area (Å²) in [6.07, 6.45) is 0. The number of ketones is 1. The molecule has 0 saturated carbocycles. The predicted octanol–water partition coefficient (Wildman–Crippen LogP) is 3.81. The normalized spacial score (nSPS) is 11.1. The number of halogens is 6. The fourth-order valence-electron chi connectivity index (χ4n) is 0.210. The van der Waals surface area contributed by atoms with Gasteiger partial charge in [-0.3, -0.25) is 4.79 Å². The molecule has 0 rings (SSSR count). The summed E-state index contributed by atoms with van der Waals surface area (Å²) in [7, 11) is 0. The predicted molar refractivity (Wildman–Crippen MR) is 49.9 cm³/mol. The van der Waals surface area contributed by atoms with Crippen molar-refractivity contribution in [3.05, 3.63) is 9.52 Å². The summed E-state index contributed by atoms with van der Waals surface area (Å²) in [4.78, 5) is 10.9. The van der Waals surface area contributed by atoms with Crippen LogP contribution in [-0.2, 0) is 4.79 Å². The van der Waals surface area contributed by atoms with E-state index in [0.29, 0.717) is 0 Å². The van der Waals surface area contributed by atoms with Crippen molar-refractivity contribution in [3.63, 3.8) is 0 Å². The molecule has 0 heterocycles. The number of allylic oxidation sites excluding steroid dienone is 1. The Kier molecular flexibility index (Phi) is 4.86. The van der Waals surface area contributed by atoms with Crippen LogP contribution in [0, 0.1) is 0 Å². The third kappa shape index (κ3) is 4.07. The first-order chi connectivity index (χ1) is 4.76. The molecule has 0 aromatic rings. The lowest BCUT2D eigenvalue weighted by Gasteiger charge is -2.07. The highest BCUT2D eigenvalue weighted by atomic mass is 35.6. The molecule has 1 nitrogen and oxygen atoms in total. The highest BCUT2D eigenvalue weighted by molar-refractivity contribution is 6.80. The molecule has 64 valence electrons. The molecule has 0 spiro atoms. The highest BCUT2D eigenvalue weighted by Gasteiger charge is 2.33. The molecule has 0 fully saturated rings. The van der Waals surface area contributed by atoms with Crippen molar-refractivity contribution in [2.24, 2.45) is 0 Å². The average Bonchev–Trinajstić information content (AvgIpc) is 1.82. The largest absolute Gasteiger partial charge is 0.288 e. The number of hydrogen-bond acceptors (Lipinski definition) is 1. The molecule has 7 heteroatoms. The van der Waals surface area contributed by atoms with Crippen LogP contribution in [0.5, 0.6) is 0 Å². The van der Waals surface area contributed by atoms with E-state index in [2.05, 4.69) is 0 Å². The number of rotatable bonds is 1. The van der Waals surface area contributed by atoms with E-state index in [0.717, 1.165) is 0 Å². The molecule has 0 aromatic carbocycles. The van der Waals surface area contributed by atoms with Gasteiger partial charge in [-0.1, -0.05) is 69.6 Å². The van der Waals surface area contributed by atoms with Crippen molar-refractivity contribution in [2.75, 3.05) is 0 Å². The lowest BCUT2D eigenvalue weighted by atomic mass is 10.4. The quantitative estimate of drug-likeness (QED) is 0.526. The molecular weight excluding hydrogens is 277 g/mol. The molecule has 0 amide bonds. The summed E-state index contributed by atoms with van der Waals surface area (Å²) < 4.78 is -2.55. The minimum absolute atomic E-state index is 0.428. The van der Waals surface area contributed by atoms with Gasteiger partial charge in [0.25, 0.3) is 3.79 Å². The van der Waals surface area contributed by atoms with Crippen LogP contribution >= 0.6 is 69.6 Å². The summed E-state index contributed by atoms with van der Waals surface area (Å²) in [5.41, 5.74) is 0. The minimum Gasteiger partial charge on any atom is -0.288 e. The summed E-state index contributed by atoms with van der Waals surface area (Å²) in [5.74, 6) is -0.954. The molecule has 11 heavy (non-hydrogen) atoms. The van der Waals surface area contributed by atoms with Gasteiger partial charge in [0.1, 0.15) is 9.52 Å². The molecule has 0 unspecified atom stereocenters. The van der Waals surface area contributed by atoms with Crippen LogP contribution in [0.2, 0.25) is 0 Å². The lowest BCUT2D eigenvalue weighted by Crippen LogP contribution is -2.18. The summed E-state index contributed by atoms with van der Waals surface area (Å²) in [6.45, 7) is 0. The Balaban J connectivity index is 4.67. The van der Waals surface area contributed by atoms with Crippen LogP contribution in [0.1, 0.15) is 0 Å². The topological polar surface area (TPSA) is 17.1 Å². The zero-order valence-electron chi connectivity index (χ0n) is 4.68. The monoisotopic (exact) mass is 274 g/mol. The second-order valence-corrected chi connectivity index (χ2v) is 5.01. The molecule has 0 aromatic heterocycles. The molecule has 0 aliphatic rings. The van der Waals surface area contributed by atoms with E-state index in [1.54, 1.807) is 0 Å². The third-order valence-electron chi connectivity index (χ3n) is 0.623. The zero-order valence-corrected chi connectivity index (χ0v) is 9.21. The summed E-state index contributed by atoms with van der Waals surface area (Å²) in [6, 6.07) is 0. The van der Waals surface area contributed by atoms with Crippen molar-refractivity contribution >= 4 is 75.4 Å². The molecule has 0 radical (unpaired) electrons.